The largest absolute Gasteiger partial charge is 0.310 e. The van der Waals surface area contributed by atoms with Gasteiger partial charge in [-0.05, 0) is 43.8 Å². The normalized spacial score (nSPS) is 12.4. The lowest BCUT2D eigenvalue weighted by Crippen LogP contribution is -2.19. The van der Waals surface area contributed by atoms with Crippen molar-refractivity contribution in [3.63, 3.8) is 0 Å². The minimum Gasteiger partial charge on any atom is -0.310 e. The molecule has 0 saturated carbocycles. The fourth-order valence-electron chi connectivity index (χ4n) is 2.09. The maximum absolute atomic E-state index is 14.1. The van der Waals surface area contributed by atoms with Crippen LogP contribution in [0, 0.1) is 11.6 Å². The van der Waals surface area contributed by atoms with E-state index in [2.05, 4.69) is 5.32 Å². The second-order valence-corrected chi connectivity index (χ2v) is 5.61. The molecule has 0 spiro atoms. The molecule has 0 fully saturated rings. The Morgan fingerprint density at radius 1 is 1.15 bits per heavy atom. The summed E-state index contributed by atoms with van der Waals surface area (Å²) in [5.74, 6) is -0.521. The number of hydrogen-bond acceptors (Lipinski definition) is 2. The molecule has 0 aliphatic rings. The van der Waals surface area contributed by atoms with E-state index >= 15 is 0 Å². The van der Waals surface area contributed by atoms with Gasteiger partial charge in [-0.2, -0.15) is 0 Å². The van der Waals surface area contributed by atoms with Crippen molar-refractivity contribution in [3.8, 4) is 0 Å². The van der Waals surface area contributed by atoms with Crippen LogP contribution in [0.5, 0.6) is 0 Å². The monoisotopic (exact) mass is 293 g/mol. The summed E-state index contributed by atoms with van der Waals surface area (Å²) in [6.45, 7) is 4.67. The van der Waals surface area contributed by atoms with Crippen molar-refractivity contribution in [3.05, 3.63) is 59.7 Å². The standard InChI is InChI=1S/C16H17F2NS/c1-3-19-11(2)16-14(18)8-5-9-15(16)20-13-7-4-6-12(17)10-13/h4-11,19H,3H2,1-2H3. The first-order valence-electron chi connectivity index (χ1n) is 6.57. The molecule has 20 heavy (non-hydrogen) atoms. The van der Waals surface area contributed by atoms with Gasteiger partial charge in [0.1, 0.15) is 11.6 Å². The zero-order valence-corrected chi connectivity index (χ0v) is 12.3. The first kappa shape index (κ1) is 15.0. The zero-order chi connectivity index (χ0) is 14.5. The quantitative estimate of drug-likeness (QED) is 0.851. The van der Waals surface area contributed by atoms with Gasteiger partial charge in [0.05, 0.1) is 0 Å². The van der Waals surface area contributed by atoms with Gasteiger partial charge in [-0.15, -0.1) is 0 Å². The lowest BCUT2D eigenvalue weighted by Gasteiger charge is -2.17. The van der Waals surface area contributed by atoms with Crippen molar-refractivity contribution < 1.29 is 8.78 Å². The first-order valence-corrected chi connectivity index (χ1v) is 7.38. The lowest BCUT2D eigenvalue weighted by atomic mass is 10.1. The topological polar surface area (TPSA) is 12.0 Å². The Hall–Kier alpha value is -1.39. The Kier molecular flexibility index (Phi) is 5.15. The van der Waals surface area contributed by atoms with Gasteiger partial charge in [0.2, 0.25) is 0 Å². The summed E-state index contributed by atoms with van der Waals surface area (Å²) in [4.78, 5) is 1.57. The molecule has 1 nitrogen and oxygen atoms in total. The molecule has 2 aromatic carbocycles. The third-order valence-electron chi connectivity index (χ3n) is 2.98. The summed E-state index contributed by atoms with van der Waals surface area (Å²) in [7, 11) is 0. The van der Waals surface area contributed by atoms with E-state index in [1.165, 1.54) is 30.0 Å². The van der Waals surface area contributed by atoms with Gasteiger partial charge < -0.3 is 5.32 Å². The third-order valence-corrected chi connectivity index (χ3v) is 4.05. The number of hydrogen-bond donors (Lipinski definition) is 1. The van der Waals surface area contributed by atoms with Crippen molar-refractivity contribution in [2.75, 3.05) is 6.54 Å². The summed E-state index contributed by atoms with van der Waals surface area (Å²) in [6.07, 6.45) is 0. The molecule has 1 unspecified atom stereocenters. The summed E-state index contributed by atoms with van der Waals surface area (Å²) in [6, 6.07) is 11.2. The second-order valence-electron chi connectivity index (χ2n) is 4.49. The minimum absolute atomic E-state index is 0.0859. The highest BCUT2D eigenvalue weighted by atomic mass is 32.2. The van der Waals surface area contributed by atoms with E-state index in [1.807, 2.05) is 26.0 Å². The summed E-state index contributed by atoms with van der Waals surface area (Å²) >= 11 is 1.38. The molecule has 0 heterocycles. The predicted molar refractivity (Wildman–Crippen MR) is 79.0 cm³/mol. The van der Waals surface area contributed by atoms with Crippen LogP contribution in [0.4, 0.5) is 8.78 Å². The number of nitrogens with one attached hydrogen (secondary N) is 1. The van der Waals surface area contributed by atoms with Crippen LogP contribution in [0.25, 0.3) is 0 Å². The van der Waals surface area contributed by atoms with Gasteiger partial charge in [0.25, 0.3) is 0 Å². The SMILES string of the molecule is CCNC(C)c1c(F)cccc1Sc1cccc(F)c1. The summed E-state index contributed by atoms with van der Waals surface area (Å²) < 4.78 is 27.3. The molecule has 1 atom stereocenters. The van der Waals surface area contributed by atoms with Crippen LogP contribution in [0.1, 0.15) is 25.5 Å². The van der Waals surface area contributed by atoms with E-state index in [9.17, 15) is 8.78 Å². The van der Waals surface area contributed by atoms with Crippen LogP contribution in [0.15, 0.2) is 52.3 Å². The highest BCUT2D eigenvalue weighted by molar-refractivity contribution is 7.99. The fraction of sp³-hybridized carbons (Fsp3) is 0.250. The maximum Gasteiger partial charge on any atom is 0.129 e. The Morgan fingerprint density at radius 2 is 1.90 bits per heavy atom. The van der Waals surface area contributed by atoms with E-state index in [-0.39, 0.29) is 17.7 Å². The van der Waals surface area contributed by atoms with Crippen LogP contribution in [0.3, 0.4) is 0 Å². The highest BCUT2D eigenvalue weighted by Crippen LogP contribution is 2.34. The van der Waals surface area contributed by atoms with E-state index in [4.69, 9.17) is 0 Å². The van der Waals surface area contributed by atoms with Crippen molar-refractivity contribution in [2.24, 2.45) is 0 Å². The number of rotatable bonds is 5. The molecule has 0 aromatic heterocycles. The molecule has 0 radical (unpaired) electrons. The molecule has 0 aliphatic carbocycles. The van der Waals surface area contributed by atoms with Gasteiger partial charge in [0.15, 0.2) is 0 Å². The second kappa shape index (κ2) is 6.86. The van der Waals surface area contributed by atoms with E-state index in [0.717, 1.165) is 16.3 Å². The Balaban J connectivity index is 2.34. The highest BCUT2D eigenvalue weighted by Gasteiger charge is 2.15. The fourth-order valence-corrected chi connectivity index (χ4v) is 3.20. The zero-order valence-electron chi connectivity index (χ0n) is 11.5. The summed E-state index contributed by atoms with van der Waals surface area (Å²) in [5, 5.41) is 3.21. The van der Waals surface area contributed by atoms with Crippen LogP contribution < -0.4 is 5.32 Å². The molecule has 2 aromatic rings. The lowest BCUT2D eigenvalue weighted by molar-refractivity contribution is 0.531. The molecule has 4 heteroatoms. The third kappa shape index (κ3) is 3.58. The average Bonchev–Trinajstić information content (AvgIpc) is 2.39. The smallest absolute Gasteiger partial charge is 0.129 e. The predicted octanol–water partition coefficient (Wildman–Crippen LogP) is 4.79. The molecular weight excluding hydrogens is 276 g/mol. The summed E-state index contributed by atoms with van der Waals surface area (Å²) in [5.41, 5.74) is 0.628. The van der Waals surface area contributed by atoms with Crippen molar-refractivity contribution in [1.82, 2.24) is 5.32 Å². The molecule has 2 rings (SSSR count). The van der Waals surface area contributed by atoms with Gasteiger partial charge in [-0.25, -0.2) is 8.78 Å². The van der Waals surface area contributed by atoms with Crippen molar-refractivity contribution in [2.45, 2.75) is 29.7 Å². The van der Waals surface area contributed by atoms with Crippen LogP contribution >= 0.6 is 11.8 Å². The van der Waals surface area contributed by atoms with E-state index < -0.39 is 0 Å². The van der Waals surface area contributed by atoms with Crippen LogP contribution in [-0.4, -0.2) is 6.54 Å². The molecule has 1 N–H and O–H groups in total. The number of benzene rings is 2. The molecule has 0 saturated heterocycles. The molecule has 106 valence electrons. The molecule has 0 bridgehead atoms. The Labute approximate surface area is 122 Å². The first-order chi connectivity index (χ1) is 9.61. The number of halogens is 2. The Morgan fingerprint density at radius 3 is 2.60 bits per heavy atom. The molecule has 0 aliphatic heterocycles. The average molecular weight is 293 g/mol. The molecular formula is C16H17F2NS. The van der Waals surface area contributed by atoms with Crippen LogP contribution in [-0.2, 0) is 0 Å². The van der Waals surface area contributed by atoms with Crippen molar-refractivity contribution in [1.29, 1.82) is 0 Å². The minimum atomic E-state index is -0.285. The van der Waals surface area contributed by atoms with E-state index in [0.29, 0.717) is 5.56 Å². The van der Waals surface area contributed by atoms with Gasteiger partial charge in [-0.1, -0.05) is 30.8 Å². The van der Waals surface area contributed by atoms with Gasteiger partial charge in [0, 0.05) is 21.4 Å². The van der Waals surface area contributed by atoms with Crippen molar-refractivity contribution >= 4 is 11.8 Å². The molecule has 0 amide bonds. The van der Waals surface area contributed by atoms with Gasteiger partial charge >= 0.3 is 0 Å². The van der Waals surface area contributed by atoms with Gasteiger partial charge in [-0.3, -0.25) is 0 Å². The Bertz CT molecular complexity index is 586. The maximum atomic E-state index is 14.1. The van der Waals surface area contributed by atoms with Crippen LogP contribution in [0.2, 0.25) is 0 Å². The van der Waals surface area contributed by atoms with E-state index in [1.54, 1.807) is 12.1 Å².